The number of likely N-dealkylation sites (N-methyl/N-ethyl adjacent to an activating group) is 1. The summed E-state index contributed by atoms with van der Waals surface area (Å²) in [6.45, 7) is 5.00. The minimum Gasteiger partial charge on any atom is -0.483 e. The zero-order valence-electron chi connectivity index (χ0n) is 19.3. The number of hydrogen-bond donors (Lipinski definition) is 0. The van der Waals surface area contributed by atoms with Gasteiger partial charge >= 0.3 is 0 Å². The van der Waals surface area contributed by atoms with Crippen LogP contribution in [0.25, 0.3) is 11.1 Å². The predicted octanol–water partition coefficient (Wildman–Crippen LogP) is 6.96. The number of benzene rings is 2. The molecular weight excluding hydrogens is 392 g/mol. The second-order valence-corrected chi connectivity index (χ2v) is 10.3. The maximum absolute atomic E-state index is 14.8. The van der Waals surface area contributed by atoms with Crippen LogP contribution >= 0.6 is 0 Å². The van der Waals surface area contributed by atoms with Gasteiger partial charge in [0.05, 0.1) is 0 Å². The SMILES string of the molecule is CCC(CN(C)C)Oc1c(F)cc(-c2ccc(C34CCC(C)(CC3)CC4)cc2)cc1F. The highest BCUT2D eigenvalue weighted by molar-refractivity contribution is 5.65. The molecule has 0 aromatic heterocycles. The summed E-state index contributed by atoms with van der Waals surface area (Å²) in [6.07, 6.45) is 8.10. The molecular formula is C27H35F2NO. The fraction of sp³-hybridized carbons (Fsp3) is 0.556. The minimum atomic E-state index is -0.645. The van der Waals surface area contributed by atoms with Gasteiger partial charge in [-0.05, 0) is 98.7 Å². The van der Waals surface area contributed by atoms with Gasteiger partial charge < -0.3 is 9.64 Å². The van der Waals surface area contributed by atoms with E-state index in [1.165, 1.54) is 56.2 Å². The van der Waals surface area contributed by atoms with E-state index < -0.39 is 11.6 Å². The zero-order valence-corrected chi connectivity index (χ0v) is 19.3. The van der Waals surface area contributed by atoms with E-state index >= 15 is 0 Å². The second-order valence-electron chi connectivity index (χ2n) is 10.3. The molecule has 3 aliphatic rings. The standard InChI is InChI=1S/C27H35F2NO/c1-5-22(18-30(3)4)31-25-23(28)16-20(17-24(25)29)19-6-8-21(9-7-19)27-13-10-26(2,11-14-27)12-15-27/h6-9,16-17,22H,5,10-15,18H2,1-4H3. The van der Waals surface area contributed by atoms with Crippen LogP contribution in [0.3, 0.4) is 0 Å². The van der Waals surface area contributed by atoms with Gasteiger partial charge in [-0.25, -0.2) is 8.78 Å². The van der Waals surface area contributed by atoms with Crippen molar-refractivity contribution in [1.29, 1.82) is 0 Å². The summed E-state index contributed by atoms with van der Waals surface area (Å²) < 4.78 is 35.2. The average Bonchev–Trinajstić information content (AvgIpc) is 2.76. The monoisotopic (exact) mass is 427 g/mol. The highest BCUT2D eigenvalue weighted by Crippen LogP contribution is 2.57. The number of ether oxygens (including phenoxy) is 1. The molecule has 3 saturated carbocycles. The Morgan fingerprint density at radius 2 is 1.45 bits per heavy atom. The van der Waals surface area contributed by atoms with E-state index in [1.807, 2.05) is 38.1 Å². The molecule has 2 bridgehead atoms. The summed E-state index contributed by atoms with van der Waals surface area (Å²) in [5, 5.41) is 0. The van der Waals surface area contributed by atoms with Crippen molar-refractivity contribution >= 4 is 0 Å². The summed E-state index contributed by atoms with van der Waals surface area (Å²) in [7, 11) is 3.84. The van der Waals surface area contributed by atoms with E-state index in [0.29, 0.717) is 29.4 Å². The Kier molecular flexibility index (Phi) is 6.13. The van der Waals surface area contributed by atoms with Crippen molar-refractivity contribution in [2.45, 2.75) is 70.3 Å². The van der Waals surface area contributed by atoms with Crippen LogP contribution < -0.4 is 4.74 Å². The van der Waals surface area contributed by atoms with Crippen LogP contribution in [0.5, 0.6) is 5.75 Å². The molecule has 0 saturated heterocycles. The first-order valence-corrected chi connectivity index (χ1v) is 11.6. The normalized spacial score (nSPS) is 26.3. The Labute approximate surface area is 185 Å². The van der Waals surface area contributed by atoms with E-state index in [2.05, 4.69) is 19.1 Å². The lowest BCUT2D eigenvalue weighted by Gasteiger charge is -2.52. The molecule has 1 atom stereocenters. The van der Waals surface area contributed by atoms with E-state index in [0.717, 1.165) is 5.56 Å². The third-order valence-electron chi connectivity index (χ3n) is 7.76. The number of rotatable bonds is 7. The quantitative estimate of drug-likeness (QED) is 0.473. The highest BCUT2D eigenvalue weighted by atomic mass is 19.1. The van der Waals surface area contributed by atoms with Gasteiger partial charge in [-0.2, -0.15) is 0 Å². The highest BCUT2D eigenvalue weighted by Gasteiger charge is 2.46. The third-order valence-corrected chi connectivity index (χ3v) is 7.76. The lowest BCUT2D eigenvalue weighted by molar-refractivity contribution is 0.0556. The average molecular weight is 428 g/mol. The van der Waals surface area contributed by atoms with Crippen LogP contribution in [0, 0.1) is 17.0 Å². The van der Waals surface area contributed by atoms with E-state index in [1.54, 1.807) is 0 Å². The molecule has 0 aliphatic heterocycles. The van der Waals surface area contributed by atoms with Crippen LogP contribution in [0.4, 0.5) is 8.78 Å². The minimum absolute atomic E-state index is 0.253. The first-order valence-electron chi connectivity index (χ1n) is 11.6. The molecule has 3 aliphatic carbocycles. The van der Waals surface area contributed by atoms with Crippen LogP contribution in [-0.2, 0) is 5.41 Å². The Morgan fingerprint density at radius 1 is 0.903 bits per heavy atom. The molecule has 168 valence electrons. The van der Waals surface area contributed by atoms with Crippen LogP contribution in [0.2, 0.25) is 0 Å². The van der Waals surface area contributed by atoms with Gasteiger partial charge in [0.15, 0.2) is 17.4 Å². The molecule has 0 N–H and O–H groups in total. The number of hydrogen-bond acceptors (Lipinski definition) is 2. The summed E-state index contributed by atoms with van der Waals surface area (Å²) in [5.74, 6) is -1.57. The Morgan fingerprint density at radius 3 is 1.94 bits per heavy atom. The molecule has 0 heterocycles. The van der Waals surface area contributed by atoms with Crippen molar-refractivity contribution in [3.8, 4) is 16.9 Å². The summed E-state index contributed by atoms with van der Waals surface area (Å²) in [5.41, 5.74) is 3.61. The van der Waals surface area contributed by atoms with Gasteiger partial charge in [0.1, 0.15) is 6.10 Å². The van der Waals surface area contributed by atoms with E-state index in [4.69, 9.17) is 4.74 Å². The number of nitrogens with zero attached hydrogens (tertiary/aromatic N) is 1. The van der Waals surface area contributed by atoms with Gasteiger partial charge in [0.2, 0.25) is 0 Å². The first kappa shape index (κ1) is 22.3. The summed E-state index contributed by atoms with van der Waals surface area (Å²) in [4.78, 5) is 1.96. The van der Waals surface area contributed by atoms with Crippen LogP contribution in [-0.4, -0.2) is 31.6 Å². The second kappa shape index (κ2) is 8.54. The van der Waals surface area contributed by atoms with Gasteiger partial charge in [0, 0.05) is 6.54 Å². The van der Waals surface area contributed by atoms with Gasteiger partial charge in [0.25, 0.3) is 0 Å². The zero-order chi connectivity index (χ0) is 22.2. The van der Waals surface area contributed by atoms with Crippen molar-refractivity contribution in [3.05, 3.63) is 53.6 Å². The van der Waals surface area contributed by atoms with Gasteiger partial charge in [-0.1, -0.05) is 38.1 Å². The summed E-state index contributed by atoms with van der Waals surface area (Å²) in [6, 6.07) is 11.2. The molecule has 4 heteroatoms. The fourth-order valence-corrected chi connectivity index (χ4v) is 5.49. The first-order chi connectivity index (χ1) is 14.7. The van der Waals surface area contributed by atoms with Crippen LogP contribution in [0.15, 0.2) is 36.4 Å². The van der Waals surface area contributed by atoms with Crippen molar-refractivity contribution in [2.75, 3.05) is 20.6 Å². The van der Waals surface area contributed by atoms with Crippen molar-refractivity contribution in [2.24, 2.45) is 5.41 Å². The molecule has 2 aromatic rings. The topological polar surface area (TPSA) is 12.5 Å². The summed E-state index contributed by atoms with van der Waals surface area (Å²) >= 11 is 0. The van der Waals surface area contributed by atoms with Crippen molar-refractivity contribution < 1.29 is 13.5 Å². The molecule has 1 unspecified atom stereocenters. The maximum Gasteiger partial charge on any atom is 0.191 e. The van der Waals surface area contributed by atoms with Gasteiger partial charge in [-0.3, -0.25) is 0 Å². The molecule has 0 spiro atoms. The van der Waals surface area contributed by atoms with E-state index in [9.17, 15) is 8.78 Å². The van der Waals surface area contributed by atoms with E-state index in [-0.39, 0.29) is 11.9 Å². The smallest absolute Gasteiger partial charge is 0.191 e. The fourth-order valence-electron chi connectivity index (χ4n) is 5.49. The lowest BCUT2D eigenvalue weighted by Crippen LogP contribution is -2.42. The molecule has 3 fully saturated rings. The number of fused-ring (bicyclic) bond motifs is 3. The molecule has 0 radical (unpaired) electrons. The molecule has 2 nitrogen and oxygen atoms in total. The lowest BCUT2D eigenvalue weighted by atomic mass is 9.52. The Bertz CT molecular complexity index is 874. The van der Waals surface area contributed by atoms with Crippen molar-refractivity contribution in [1.82, 2.24) is 4.90 Å². The van der Waals surface area contributed by atoms with Crippen molar-refractivity contribution in [3.63, 3.8) is 0 Å². The van der Waals surface area contributed by atoms with Gasteiger partial charge in [-0.15, -0.1) is 0 Å². The Hall–Kier alpha value is -1.94. The van der Waals surface area contributed by atoms with Crippen LogP contribution in [0.1, 0.15) is 64.4 Å². The third kappa shape index (κ3) is 4.50. The molecule has 5 rings (SSSR count). The number of halogens is 2. The largest absolute Gasteiger partial charge is 0.483 e. The Balaban J connectivity index is 1.54. The molecule has 2 aromatic carbocycles. The molecule has 0 amide bonds. The predicted molar refractivity (Wildman–Crippen MR) is 123 cm³/mol. The molecule has 31 heavy (non-hydrogen) atoms. The maximum atomic E-state index is 14.8.